The van der Waals surface area contributed by atoms with Crippen molar-refractivity contribution in [3.05, 3.63) is 0 Å². The number of amidine groups is 1. The Bertz CT molecular complexity index is 196. The third-order valence-corrected chi connectivity index (χ3v) is 3.17. The van der Waals surface area contributed by atoms with E-state index in [9.17, 15) is 0 Å². The van der Waals surface area contributed by atoms with E-state index in [1.807, 2.05) is 13.8 Å². The standard InChI is InChI=1S/C9H18N2OS/c1-5-12-9-6-7(2)11(13-4)8(3)10-9/h7,9H,5-6H2,1-4H3. The first-order valence-electron chi connectivity index (χ1n) is 4.68. The fraction of sp³-hybridized carbons (Fsp3) is 0.889. The molecule has 1 rings (SSSR count). The van der Waals surface area contributed by atoms with E-state index in [4.69, 9.17) is 4.74 Å². The molecule has 0 aromatic carbocycles. The third kappa shape index (κ3) is 2.61. The van der Waals surface area contributed by atoms with Gasteiger partial charge in [0.1, 0.15) is 5.84 Å². The summed E-state index contributed by atoms with van der Waals surface area (Å²) in [5, 5.41) is 0. The van der Waals surface area contributed by atoms with E-state index in [2.05, 4.69) is 22.5 Å². The number of aliphatic imine (C=N–C) groups is 1. The van der Waals surface area contributed by atoms with Gasteiger partial charge in [-0.1, -0.05) is 11.9 Å². The monoisotopic (exact) mass is 202 g/mol. The largest absolute Gasteiger partial charge is 0.357 e. The van der Waals surface area contributed by atoms with Crippen LogP contribution in [0.5, 0.6) is 0 Å². The average Bonchev–Trinajstić information content (AvgIpc) is 2.04. The fourth-order valence-corrected chi connectivity index (χ4v) is 2.39. The molecular formula is C9H18N2OS. The quantitative estimate of drug-likeness (QED) is 0.655. The van der Waals surface area contributed by atoms with Crippen molar-refractivity contribution in [2.24, 2.45) is 4.99 Å². The van der Waals surface area contributed by atoms with Gasteiger partial charge in [-0.15, -0.1) is 0 Å². The highest BCUT2D eigenvalue weighted by atomic mass is 32.2. The molecule has 0 N–H and O–H groups in total. The molecule has 0 fully saturated rings. The van der Waals surface area contributed by atoms with Crippen molar-refractivity contribution in [2.45, 2.75) is 39.5 Å². The van der Waals surface area contributed by atoms with E-state index in [1.54, 1.807) is 11.9 Å². The Morgan fingerprint density at radius 1 is 1.69 bits per heavy atom. The summed E-state index contributed by atoms with van der Waals surface area (Å²) in [5.41, 5.74) is 0. The Kier molecular flexibility index (Phi) is 4.06. The van der Waals surface area contributed by atoms with Crippen LogP contribution in [0.2, 0.25) is 0 Å². The molecule has 76 valence electrons. The number of nitrogens with zero attached hydrogens (tertiary/aromatic N) is 2. The molecule has 0 amide bonds. The van der Waals surface area contributed by atoms with Gasteiger partial charge in [0.15, 0.2) is 6.23 Å². The van der Waals surface area contributed by atoms with Gasteiger partial charge in [-0.3, -0.25) is 0 Å². The van der Waals surface area contributed by atoms with Crippen LogP contribution < -0.4 is 0 Å². The van der Waals surface area contributed by atoms with Crippen molar-refractivity contribution in [2.75, 3.05) is 12.9 Å². The average molecular weight is 202 g/mol. The molecule has 2 unspecified atom stereocenters. The minimum Gasteiger partial charge on any atom is -0.357 e. The predicted octanol–water partition coefficient (Wildman–Crippen LogP) is 2.14. The van der Waals surface area contributed by atoms with Crippen LogP contribution in [0.1, 0.15) is 27.2 Å². The van der Waals surface area contributed by atoms with E-state index in [-0.39, 0.29) is 6.23 Å². The molecule has 0 saturated carbocycles. The molecule has 3 nitrogen and oxygen atoms in total. The van der Waals surface area contributed by atoms with E-state index in [1.165, 1.54) is 0 Å². The van der Waals surface area contributed by atoms with Crippen LogP contribution in [0, 0.1) is 0 Å². The smallest absolute Gasteiger partial charge is 0.152 e. The van der Waals surface area contributed by atoms with Crippen LogP contribution in [0.15, 0.2) is 4.99 Å². The van der Waals surface area contributed by atoms with E-state index in [0.29, 0.717) is 6.04 Å². The first kappa shape index (κ1) is 10.9. The van der Waals surface area contributed by atoms with Gasteiger partial charge in [0.05, 0.1) is 0 Å². The summed E-state index contributed by atoms with van der Waals surface area (Å²) in [6.07, 6.45) is 3.14. The van der Waals surface area contributed by atoms with E-state index in [0.717, 1.165) is 18.9 Å². The van der Waals surface area contributed by atoms with Crippen molar-refractivity contribution < 1.29 is 4.74 Å². The van der Waals surface area contributed by atoms with Crippen LogP contribution in [0.3, 0.4) is 0 Å². The first-order chi connectivity index (χ1) is 6.19. The predicted molar refractivity (Wildman–Crippen MR) is 58.0 cm³/mol. The van der Waals surface area contributed by atoms with Gasteiger partial charge in [-0.2, -0.15) is 0 Å². The Balaban J connectivity index is 2.63. The molecule has 0 aliphatic carbocycles. The lowest BCUT2D eigenvalue weighted by Gasteiger charge is -2.34. The van der Waals surface area contributed by atoms with Gasteiger partial charge in [0.2, 0.25) is 0 Å². The molecule has 0 radical (unpaired) electrons. The summed E-state index contributed by atoms with van der Waals surface area (Å²) in [6.45, 7) is 7.00. The van der Waals surface area contributed by atoms with Gasteiger partial charge >= 0.3 is 0 Å². The number of rotatable bonds is 3. The maximum Gasteiger partial charge on any atom is 0.152 e. The van der Waals surface area contributed by atoms with Crippen molar-refractivity contribution in [3.8, 4) is 0 Å². The zero-order chi connectivity index (χ0) is 9.84. The van der Waals surface area contributed by atoms with Crippen molar-refractivity contribution in [1.29, 1.82) is 0 Å². The number of hydrogen-bond acceptors (Lipinski definition) is 4. The van der Waals surface area contributed by atoms with Gasteiger partial charge in [0.25, 0.3) is 0 Å². The molecule has 0 aromatic heterocycles. The second-order valence-electron chi connectivity index (χ2n) is 3.18. The Hall–Kier alpha value is -0.220. The molecule has 0 aromatic rings. The van der Waals surface area contributed by atoms with Gasteiger partial charge in [-0.25, -0.2) is 4.99 Å². The molecule has 1 aliphatic heterocycles. The third-order valence-electron chi connectivity index (χ3n) is 2.15. The van der Waals surface area contributed by atoms with Crippen molar-refractivity contribution in [3.63, 3.8) is 0 Å². The minimum absolute atomic E-state index is 0.0726. The maximum absolute atomic E-state index is 5.49. The lowest BCUT2D eigenvalue weighted by Crippen LogP contribution is -2.39. The zero-order valence-electron chi connectivity index (χ0n) is 8.78. The second kappa shape index (κ2) is 4.86. The molecule has 1 heterocycles. The number of hydrogen-bond donors (Lipinski definition) is 0. The maximum atomic E-state index is 5.49. The zero-order valence-corrected chi connectivity index (χ0v) is 9.60. The van der Waals surface area contributed by atoms with Crippen LogP contribution in [-0.2, 0) is 4.74 Å². The van der Waals surface area contributed by atoms with E-state index >= 15 is 0 Å². The lowest BCUT2D eigenvalue weighted by molar-refractivity contribution is 0.0475. The molecule has 0 bridgehead atoms. The topological polar surface area (TPSA) is 24.8 Å². The molecule has 0 spiro atoms. The van der Waals surface area contributed by atoms with Crippen molar-refractivity contribution in [1.82, 2.24) is 4.31 Å². The second-order valence-corrected chi connectivity index (χ2v) is 3.94. The molecule has 0 saturated heterocycles. The molecule has 4 heteroatoms. The molecule has 2 atom stereocenters. The minimum atomic E-state index is 0.0726. The Morgan fingerprint density at radius 3 is 2.85 bits per heavy atom. The highest BCUT2D eigenvalue weighted by Crippen LogP contribution is 2.23. The summed E-state index contributed by atoms with van der Waals surface area (Å²) < 4.78 is 7.72. The van der Waals surface area contributed by atoms with Crippen LogP contribution >= 0.6 is 11.9 Å². The summed E-state index contributed by atoms with van der Waals surface area (Å²) >= 11 is 1.73. The first-order valence-corrected chi connectivity index (χ1v) is 5.86. The Morgan fingerprint density at radius 2 is 2.38 bits per heavy atom. The summed E-state index contributed by atoms with van der Waals surface area (Å²) in [7, 11) is 0. The highest BCUT2D eigenvalue weighted by Gasteiger charge is 2.24. The normalized spacial score (nSPS) is 28.9. The van der Waals surface area contributed by atoms with Crippen LogP contribution in [0.4, 0.5) is 0 Å². The van der Waals surface area contributed by atoms with Gasteiger partial charge < -0.3 is 9.04 Å². The summed E-state index contributed by atoms with van der Waals surface area (Å²) in [5.74, 6) is 1.07. The van der Waals surface area contributed by atoms with Gasteiger partial charge in [-0.05, 0) is 20.8 Å². The van der Waals surface area contributed by atoms with Gasteiger partial charge in [0, 0.05) is 25.3 Å². The molecule has 1 aliphatic rings. The highest BCUT2D eigenvalue weighted by molar-refractivity contribution is 7.96. The van der Waals surface area contributed by atoms with E-state index < -0.39 is 0 Å². The number of ether oxygens (including phenoxy) is 1. The molecular weight excluding hydrogens is 184 g/mol. The fourth-order valence-electron chi connectivity index (χ4n) is 1.63. The summed E-state index contributed by atoms with van der Waals surface area (Å²) in [6, 6.07) is 0.518. The lowest BCUT2D eigenvalue weighted by atomic mass is 10.2. The van der Waals surface area contributed by atoms with Crippen LogP contribution in [-0.4, -0.2) is 35.3 Å². The Labute approximate surface area is 84.7 Å². The summed E-state index contributed by atoms with van der Waals surface area (Å²) in [4.78, 5) is 4.47. The SMILES string of the molecule is CCOC1CC(C)N(SC)C(C)=N1. The van der Waals surface area contributed by atoms with Crippen LogP contribution in [0.25, 0.3) is 0 Å². The van der Waals surface area contributed by atoms with Crippen molar-refractivity contribution >= 4 is 17.8 Å². The molecule has 13 heavy (non-hydrogen) atoms.